The van der Waals surface area contributed by atoms with Crippen molar-refractivity contribution in [2.24, 2.45) is 0 Å². The lowest BCUT2D eigenvalue weighted by Crippen LogP contribution is -3.00. The van der Waals surface area contributed by atoms with Crippen LogP contribution >= 0.6 is 0 Å². The SMILES string of the molecule is CCCCCCC[N+](C)(C)CC.O.[Br-]. The molecule has 0 aromatic carbocycles. The largest absolute Gasteiger partial charge is 1.00 e. The first-order valence-corrected chi connectivity index (χ1v) is 5.44. The number of quaternary nitrogens is 1. The van der Waals surface area contributed by atoms with E-state index in [1.807, 2.05) is 0 Å². The summed E-state index contributed by atoms with van der Waals surface area (Å²) >= 11 is 0. The van der Waals surface area contributed by atoms with Crippen LogP contribution in [0.3, 0.4) is 0 Å². The van der Waals surface area contributed by atoms with Gasteiger partial charge in [0.2, 0.25) is 0 Å². The lowest BCUT2D eigenvalue weighted by Gasteiger charge is -2.28. The Morgan fingerprint density at radius 1 is 0.857 bits per heavy atom. The van der Waals surface area contributed by atoms with Crippen LogP contribution in [0.15, 0.2) is 0 Å². The summed E-state index contributed by atoms with van der Waals surface area (Å²) in [4.78, 5) is 0. The van der Waals surface area contributed by atoms with Crippen LogP contribution in [0.25, 0.3) is 0 Å². The van der Waals surface area contributed by atoms with Crippen molar-refractivity contribution in [1.29, 1.82) is 0 Å². The minimum Gasteiger partial charge on any atom is -1.00 e. The Kier molecular flexibility index (Phi) is 16.3. The van der Waals surface area contributed by atoms with E-state index in [1.165, 1.54) is 49.7 Å². The summed E-state index contributed by atoms with van der Waals surface area (Å²) < 4.78 is 1.19. The predicted octanol–water partition coefficient (Wildman–Crippen LogP) is -0.768. The fraction of sp³-hybridized carbons (Fsp3) is 1.00. The second-order valence-electron chi connectivity index (χ2n) is 4.39. The standard InChI is InChI=1S/C11H26N.BrH.H2O/c1-5-7-8-9-10-11-12(3,4)6-2;;/h5-11H2,1-4H3;1H;1H2/q+1;;/p-1. The van der Waals surface area contributed by atoms with Gasteiger partial charge in [-0.25, -0.2) is 0 Å². The summed E-state index contributed by atoms with van der Waals surface area (Å²) in [7, 11) is 4.64. The molecule has 0 aliphatic heterocycles. The van der Waals surface area contributed by atoms with Crippen molar-refractivity contribution < 1.29 is 26.9 Å². The highest BCUT2D eigenvalue weighted by atomic mass is 79.9. The van der Waals surface area contributed by atoms with E-state index in [4.69, 9.17) is 0 Å². The average molecular weight is 270 g/mol. The molecule has 0 aromatic heterocycles. The highest BCUT2D eigenvalue weighted by Crippen LogP contribution is 2.06. The van der Waals surface area contributed by atoms with Crippen molar-refractivity contribution in [3.63, 3.8) is 0 Å². The first kappa shape index (κ1) is 19.9. The van der Waals surface area contributed by atoms with Gasteiger partial charge in [-0.1, -0.05) is 26.2 Å². The number of unbranched alkanes of at least 4 members (excludes halogenated alkanes) is 4. The van der Waals surface area contributed by atoms with E-state index >= 15 is 0 Å². The van der Waals surface area contributed by atoms with Gasteiger partial charge in [0.15, 0.2) is 0 Å². The molecule has 0 bridgehead atoms. The van der Waals surface area contributed by atoms with Crippen LogP contribution in [-0.2, 0) is 0 Å². The number of hydrogen-bond donors (Lipinski definition) is 0. The third-order valence-electron chi connectivity index (χ3n) is 2.72. The molecule has 0 spiro atoms. The molecule has 0 aliphatic rings. The molecule has 0 fully saturated rings. The lowest BCUT2D eigenvalue weighted by molar-refractivity contribution is -0.888. The van der Waals surface area contributed by atoms with Gasteiger partial charge in [-0.15, -0.1) is 0 Å². The van der Waals surface area contributed by atoms with Gasteiger partial charge in [-0.3, -0.25) is 0 Å². The van der Waals surface area contributed by atoms with Gasteiger partial charge in [0.05, 0.1) is 27.2 Å². The highest BCUT2D eigenvalue weighted by Gasteiger charge is 2.09. The second-order valence-corrected chi connectivity index (χ2v) is 4.39. The maximum Gasteiger partial charge on any atom is 0.0782 e. The molecular weight excluding hydrogens is 242 g/mol. The molecule has 0 saturated heterocycles. The van der Waals surface area contributed by atoms with Crippen molar-refractivity contribution in [3.8, 4) is 0 Å². The summed E-state index contributed by atoms with van der Waals surface area (Å²) in [6.07, 6.45) is 7.03. The molecule has 0 atom stereocenters. The van der Waals surface area contributed by atoms with Crippen LogP contribution in [0.1, 0.15) is 46.0 Å². The first-order chi connectivity index (χ1) is 5.62. The van der Waals surface area contributed by atoms with Gasteiger partial charge in [-0.05, 0) is 19.8 Å². The van der Waals surface area contributed by atoms with Crippen LogP contribution in [0.4, 0.5) is 0 Å². The molecule has 0 amide bonds. The quantitative estimate of drug-likeness (QED) is 0.430. The average Bonchev–Trinajstić information content (AvgIpc) is 2.04. The molecule has 0 aliphatic carbocycles. The second kappa shape index (κ2) is 11.5. The zero-order chi connectivity index (χ0) is 9.45. The Labute approximate surface area is 100 Å². The molecule has 90 valence electrons. The molecule has 0 unspecified atom stereocenters. The molecule has 3 heteroatoms. The first-order valence-electron chi connectivity index (χ1n) is 5.44. The Bertz CT molecular complexity index is 107. The summed E-state index contributed by atoms with van der Waals surface area (Å²) in [5, 5.41) is 0. The van der Waals surface area contributed by atoms with Gasteiger partial charge >= 0.3 is 0 Å². The minimum atomic E-state index is 0. The molecule has 0 saturated carbocycles. The fourth-order valence-electron chi connectivity index (χ4n) is 1.30. The monoisotopic (exact) mass is 269 g/mol. The van der Waals surface area contributed by atoms with E-state index < -0.39 is 0 Å². The van der Waals surface area contributed by atoms with Gasteiger partial charge in [0, 0.05) is 0 Å². The molecule has 2 N–H and O–H groups in total. The van der Waals surface area contributed by atoms with E-state index in [2.05, 4.69) is 27.9 Å². The van der Waals surface area contributed by atoms with E-state index in [1.54, 1.807) is 0 Å². The van der Waals surface area contributed by atoms with Crippen LogP contribution in [0.5, 0.6) is 0 Å². The number of halogens is 1. The lowest BCUT2D eigenvalue weighted by atomic mass is 10.1. The molecule has 2 nitrogen and oxygen atoms in total. The molecule has 0 rings (SSSR count). The number of hydrogen-bond acceptors (Lipinski definition) is 0. The summed E-state index contributed by atoms with van der Waals surface area (Å²) in [5.41, 5.74) is 0. The van der Waals surface area contributed by atoms with Crippen LogP contribution in [-0.4, -0.2) is 37.1 Å². The highest BCUT2D eigenvalue weighted by molar-refractivity contribution is 4.41. The maximum absolute atomic E-state index is 2.32. The molecule has 0 heterocycles. The third kappa shape index (κ3) is 12.4. The predicted molar refractivity (Wildman–Crippen MR) is 59.9 cm³/mol. The maximum atomic E-state index is 2.32. The normalized spacial score (nSPS) is 10.3. The van der Waals surface area contributed by atoms with E-state index in [9.17, 15) is 0 Å². The smallest absolute Gasteiger partial charge is 0.0782 e. The fourth-order valence-corrected chi connectivity index (χ4v) is 1.30. The Balaban J connectivity index is -0.000000605. The van der Waals surface area contributed by atoms with Gasteiger partial charge in [-0.2, -0.15) is 0 Å². The van der Waals surface area contributed by atoms with E-state index in [0.717, 1.165) is 0 Å². The molecule has 0 aromatic rings. The number of nitrogens with zero attached hydrogens (tertiary/aromatic N) is 1. The zero-order valence-electron chi connectivity index (χ0n) is 10.3. The van der Waals surface area contributed by atoms with Gasteiger partial charge in [0.25, 0.3) is 0 Å². The molecule has 0 radical (unpaired) electrons. The molecular formula is C11H28BrNO. The van der Waals surface area contributed by atoms with Crippen molar-refractivity contribution in [1.82, 2.24) is 0 Å². The van der Waals surface area contributed by atoms with Crippen molar-refractivity contribution in [2.75, 3.05) is 27.2 Å². The van der Waals surface area contributed by atoms with Crippen molar-refractivity contribution in [2.45, 2.75) is 46.0 Å². The van der Waals surface area contributed by atoms with Gasteiger partial charge in [0.1, 0.15) is 0 Å². The van der Waals surface area contributed by atoms with Crippen molar-refractivity contribution in [3.05, 3.63) is 0 Å². The Morgan fingerprint density at radius 2 is 1.36 bits per heavy atom. The van der Waals surface area contributed by atoms with Crippen LogP contribution in [0.2, 0.25) is 0 Å². The number of rotatable bonds is 7. The van der Waals surface area contributed by atoms with E-state index in [-0.39, 0.29) is 22.5 Å². The topological polar surface area (TPSA) is 31.5 Å². The molecule has 14 heavy (non-hydrogen) atoms. The summed E-state index contributed by atoms with van der Waals surface area (Å²) in [6, 6.07) is 0. The zero-order valence-corrected chi connectivity index (χ0v) is 11.9. The minimum absolute atomic E-state index is 0. The third-order valence-corrected chi connectivity index (χ3v) is 2.72. The van der Waals surface area contributed by atoms with E-state index in [0.29, 0.717) is 0 Å². The van der Waals surface area contributed by atoms with Crippen LogP contribution in [0, 0.1) is 0 Å². The Morgan fingerprint density at radius 3 is 1.79 bits per heavy atom. The Hall–Kier alpha value is 0.400. The summed E-state index contributed by atoms with van der Waals surface area (Å²) in [6.45, 7) is 7.14. The van der Waals surface area contributed by atoms with Gasteiger partial charge < -0.3 is 26.9 Å². The van der Waals surface area contributed by atoms with Crippen molar-refractivity contribution >= 4 is 0 Å². The summed E-state index contributed by atoms with van der Waals surface area (Å²) in [5.74, 6) is 0. The van der Waals surface area contributed by atoms with Crippen LogP contribution < -0.4 is 17.0 Å².